The maximum Gasteiger partial charge on any atom is 0.134 e. The van der Waals surface area contributed by atoms with Gasteiger partial charge in [0.15, 0.2) is 0 Å². The lowest BCUT2D eigenvalue weighted by Crippen LogP contribution is -2.12. The Bertz CT molecular complexity index is 528. The Morgan fingerprint density at radius 1 is 1.16 bits per heavy atom. The lowest BCUT2D eigenvalue weighted by molar-refractivity contribution is 0.304. The van der Waals surface area contributed by atoms with E-state index in [2.05, 4.69) is 52.4 Å². The fraction of sp³-hybridized carbons (Fsp3) is 0.250. The first-order chi connectivity index (χ1) is 9.20. The Balaban J connectivity index is 2.05. The minimum Gasteiger partial charge on any atom is -0.488 e. The topological polar surface area (TPSA) is 21.3 Å². The van der Waals surface area contributed by atoms with Crippen LogP contribution in [0.5, 0.6) is 5.75 Å². The predicted octanol–water partition coefficient (Wildman–Crippen LogP) is 4.31. The average molecular weight is 320 g/mol. The smallest absolute Gasteiger partial charge is 0.134 e. The summed E-state index contributed by atoms with van der Waals surface area (Å²) in [6.07, 6.45) is 0. The third kappa shape index (κ3) is 3.82. The zero-order valence-corrected chi connectivity index (χ0v) is 12.8. The van der Waals surface area contributed by atoms with Crippen molar-refractivity contribution in [3.63, 3.8) is 0 Å². The second kappa shape index (κ2) is 6.73. The van der Waals surface area contributed by atoms with Crippen LogP contribution in [0.4, 0.5) is 0 Å². The summed E-state index contributed by atoms with van der Waals surface area (Å²) in [4.78, 5) is 0. The van der Waals surface area contributed by atoms with Crippen molar-refractivity contribution in [2.75, 3.05) is 7.05 Å². The van der Waals surface area contributed by atoms with Gasteiger partial charge in [0.2, 0.25) is 0 Å². The molecule has 0 aliphatic carbocycles. The molecule has 0 radical (unpaired) electrons. The first kappa shape index (κ1) is 14.1. The van der Waals surface area contributed by atoms with Crippen molar-refractivity contribution in [1.29, 1.82) is 0 Å². The fourth-order valence-electron chi connectivity index (χ4n) is 1.81. The molecule has 0 amide bonds. The molecule has 2 aromatic carbocycles. The molecule has 19 heavy (non-hydrogen) atoms. The fourth-order valence-corrected chi connectivity index (χ4v) is 2.32. The summed E-state index contributed by atoms with van der Waals surface area (Å²) in [6.45, 7) is 2.71. The van der Waals surface area contributed by atoms with Crippen LogP contribution in [0.25, 0.3) is 0 Å². The third-order valence-corrected chi connectivity index (χ3v) is 3.75. The number of hydrogen-bond acceptors (Lipinski definition) is 2. The van der Waals surface area contributed by atoms with E-state index in [0.717, 1.165) is 10.2 Å². The zero-order valence-electron chi connectivity index (χ0n) is 11.2. The van der Waals surface area contributed by atoms with Gasteiger partial charge in [0.1, 0.15) is 12.4 Å². The van der Waals surface area contributed by atoms with Crippen molar-refractivity contribution in [2.24, 2.45) is 0 Å². The minimum absolute atomic E-state index is 0.333. The highest BCUT2D eigenvalue weighted by atomic mass is 79.9. The second-order valence-electron chi connectivity index (χ2n) is 4.47. The average Bonchev–Trinajstić information content (AvgIpc) is 2.46. The van der Waals surface area contributed by atoms with Gasteiger partial charge in [0.05, 0.1) is 4.47 Å². The molecule has 0 saturated carbocycles. The van der Waals surface area contributed by atoms with Crippen LogP contribution in [0.3, 0.4) is 0 Å². The van der Waals surface area contributed by atoms with Crippen LogP contribution in [-0.2, 0) is 6.61 Å². The van der Waals surface area contributed by atoms with Crippen LogP contribution in [0.2, 0.25) is 0 Å². The molecule has 0 heterocycles. The van der Waals surface area contributed by atoms with Gasteiger partial charge in [-0.15, -0.1) is 0 Å². The van der Waals surface area contributed by atoms with Gasteiger partial charge in [-0.3, -0.25) is 0 Å². The van der Waals surface area contributed by atoms with E-state index in [1.165, 1.54) is 11.1 Å². The van der Waals surface area contributed by atoms with Gasteiger partial charge in [-0.25, -0.2) is 0 Å². The van der Waals surface area contributed by atoms with Crippen LogP contribution >= 0.6 is 15.9 Å². The van der Waals surface area contributed by atoms with E-state index in [4.69, 9.17) is 4.74 Å². The minimum atomic E-state index is 0.333. The molecule has 2 nitrogen and oxygen atoms in total. The van der Waals surface area contributed by atoms with Crippen molar-refractivity contribution < 1.29 is 4.74 Å². The van der Waals surface area contributed by atoms with Crippen molar-refractivity contribution in [1.82, 2.24) is 5.32 Å². The van der Waals surface area contributed by atoms with E-state index >= 15 is 0 Å². The Morgan fingerprint density at radius 3 is 2.53 bits per heavy atom. The molecule has 1 atom stereocenters. The lowest BCUT2D eigenvalue weighted by atomic mass is 10.1. The number of nitrogens with one attached hydrogen (secondary N) is 1. The molecule has 0 saturated heterocycles. The summed E-state index contributed by atoms with van der Waals surface area (Å²) in [5.74, 6) is 0.871. The molecular formula is C16H18BrNO. The van der Waals surface area contributed by atoms with Crippen molar-refractivity contribution >= 4 is 15.9 Å². The molecule has 0 aliphatic rings. The summed E-state index contributed by atoms with van der Waals surface area (Å²) < 4.78 is 6.81. The molecule has 1 N–H and O–H groups in total. The van der Waals surface area contributed by atoms with E-state index in [0.29, 0.717) is 12.6 Å². The SMILES string of the molecule is CNC(C)c1ccc(OCc2ccccc2)c(Br)c1. The molecule has 1 unspecified atom stereocenters. The highest BCUT2D eigenvalue weighted by molar-refractivity contribution is 9.10. The highest BCUT2D eigenvalue weighted by Crippen LogP contribution is 2.28. The monoisotopic (exact) mass is 319 g/mol. The zero-order chi connectivity index (χ0) is 13.7. The van der Waals surface area contributed by atoms with Gasteiger partial charge < -0.3 is 10.1 Å². The van der Waals surface area contributed by atoms with E-state index in [-0.39, 0.29) is 0 Å². The summed E-state index contributed by atoms with van der Waals surface area (Å²) in [5, 5.41) is 3.22. The standard InChI is InChI=1S/C16H18BrNO/c1-12(18-2)14-8-9-16(15(17)10-14)19-11-13-6-4-3-5-7-13/h3-10,12,18H,11H2,1-2H3. The van der Waals surface area contributed by atoms with Crippen LogP contribution < -0.4 is 10.1 Å². The van der Waals surface area contributed by atoms with Crippen LogP contribution in [-0.4, -0.2) is 7.05 Å². The molecule has 0 aromatic heterocycles. The van der Waals surface area contributed by atoms with Crippen LogP contribution in [0.15, 0.2) is 53.0 Å². The molecule has 0 spiro atoms. The second-order valence-corrected chi connectivity index (χ2v) is 5.33. The molecule has 0 aliphatic heterocycles. The quantitative estimate of drug-likeness (QED) is 0.886. The number of benzene rings is 2. The third-order valence-electron chi connectivity index (χ3n) is 3.13. The first-order valence-corrected chi connectivity index (χ1v) is 7.13. The van der Waals surface area contributed by atoms with Crippen molar-refractivity contribution in [3.8, 4) is 5.75 Å². The van der Waals surface area contributed by atoms with Crippen molar-refractivity contribution in [2.45, 2.75) is 19.6 Å². The van der Waals surface area contributed by atoms with Crippen LogP contribution in [0, 0.1) is 0 Å². The maximum atomic E-state index is 5.82. The highest BCUT2D eigenvalue weighted by Gasteiger charge is 2.07. The lowest BCUT2D eigenvalue weighted by Gasteiger charge is -2.13. The summed E-state index contributed by atoms with van der Waals surface area (Å²) >= 11 is 3.57. The summed E-state index contributed by atoms with van der Waals surface area (Å²) in [5.41, 5.74) is 2.41. The van der Waals surface area contributed by atoms with Gasteiger partial charge in [0, 0.05) is 6.04 Å². The predicted molar refractivity (Wildman–Crippen MR) is 82.4 cm³/mol. The maximum absolute atomic E-state index is 5.82. The molecule has 0 fully saturated rings. The van der Waals surface area contributed by atoms with Gasteiger partial charge in [-0.2, -0.15) is 0 Å². The Kier molecular flexibility index (Phi) is 5.00. The summed E-state index contributed by atoms with van der Waals surface area (Å²) in [6, 6.07) is 16.7. The Morgan fingerprint density at radius 2 is 1.89 bits per heavy atom. The molecular weight excluding hydrogens is 302 g/mol. The number of halogens is 1. The number of ether oxygens (including phenoxy) is 1. The van der Waals surface area contributed by atoms with E-state index in [1.807, 2.05) is 31.3 Å². The Hall–Kier alpha value is -1.32. The normalized spacial score (nSPS) is 12.2. The van der Waals surface area contributed by atoms with E-state index in [1.54, 1.807) is 0 Å². The van der Waals surface area contributed by atoms with E-state index in [9.17, 15) is 0 Å². The molecule has 3 heteroatoms. The number of hydrogen-bond donors (Lipinski definition) is 1. The Labute approximate surface area is 122 Å². The molecule has 2 rings (SSSR count). The van der Waals surface area contributed by atoms with Crippen molar-refractivity contribution in [3.05, 3.63) is 64.1 Å². The summed E-state index contributed by atoms with van der Waals surface area (Å²) in [7, 11) is 1.96. The van der Waals surface area contributed by atoms with Gasteiger partial charge in [0.25, 0.3) is 0 Å². The molecule has 100 valence electrons. The van der Waals surface area contributed by atoms with E-state index < -0.39 is 0 Å². The molecule has 2 aromatic rings. The van der Waals surface area contributed by atoms with Crippen LogP contribution in [0.1, 0.15) is 24.1 Å². The van der Waals surface area contributed by atoms with Gasteiger partial charge in [-0.1, -0.05) is 36.4 Å². The molecule has 0 bridgehead atoms. The largest absolute Gasteiger partial charge is 0.488 e. The van der Waals surface area contributed by atoms with Gasteiger partial charge >= 0.3 is 0 Å². The number of rotatable bonds is 5. The first-order valence-electron chi connectivity index (χ1n) is 6.34. The van der Waals surface area contributed by atoms with Gasteiger partial charge in [-0.05, 0) is 53.2 Å².